The number of amides is 1. The molecule has 1 aromatic heterocycles. The zero-order valence-corrected chi connectivity index (χ0v) is 10.6. The Bertz CT molecular complexity index is 491. The number of nitrogens with zero attached hydrogens (tertiary/aromatic N) is 2. The monoisotopic (exact) mass is 238 g/mol. The van der Waals surface area contributed by atoms with Crippen molar-refractivity contribution in [1.29, 1.82) is 0 Å². The van der Waals surface area contributed by atoms with Crippen molar-refractivity contribution < 1.29 is 4.79 Å². The molecule has 0 atom stereocenters. The van der Waals surface area contributed by atoms with Gasteiger partial charge in [-0.15, -0.1) is 0 Å². The lowest BCUT2D eigenvalue weighted by atomic mass is 9.92. The zero-order chi connectivity index (χ0) is 13.2. The van der Waals surface area contributed by atoms with Crippen molar-refractivity contribution >= 4 is 5.91 Å². The summed E-state index contributed by atoms with van der Waals surface area (Å²) in [5, 5.41) is 0. The fourth-order valence-corrected chi connectivity index (χ4v) is 1.62. The molecule has 6 nitrogen and oxygen atoms in total. The molecule has 0 unspecified atom stereocenters. The third-order valence-electron chi connectivity index (χ3n) is 2.63. The molecule has 17 heavy (non-hydrogen) atoms. The first-order chi connectivity index (χ1) is 7.77. The minimum atomic E-state index is -0.764. The van der Waals surface area contributed by atoms with E-state index in [1.54, 1.807) is 27.7 Å². The van der Waals surface area contributed by atoms with Crippen LogP contribution in [0.1, 0.15) is 25.4 Å². The average Bonchev–Trinajstić information content (AvgIpc) is 2.22. The molecule has 0 bridgehead atoms. The van der Waals surface area contributed by atoms with E-state index in [1.165, 1.54) is 10.6 Å². The summed E-state index contributed by atoms with van der Waals surface area (Å²) in [6, 6.07) is 1.45. The molecule has 0 aliphatic carbocycles. The molecular formula is C11H18N4O2. The molecule has 0 spiro atoms. The van der Waals surface area contributed by atoms with Crippen LogP contribution in [0.15, 0.2) is 10.9 Å². The fourth-order valence-electron chi connectivity index (χ4n) is 1.62. The maximum Gasteiger partial charge on any atom is 0.253 e. The molecule has 1 rings (SSSR count). The van der Waals surface area contributed by atoms with Crippen LogP contribution in [0, 0.1) is 19.3 Å². The van der Waals surface area contributed by atoms with E-state index in [0.717, 1.165) is 0 Å². The summed E-state index contributed by atoms with van der Waals surface area (Å²) in [6.45, 7) is 7.19. The Morgan fingerprint density at radius 1 is 1.53 bits per heavy atom. The third kappa shape index (κ3) is 2.91. The molecule has 0 aliphatic heterocycles. The third-order valence-corrected chi connectivity index (χ3v) is 2.63. The predicted molar refractivity (Wildman–Crippen MR) is 64.1 cm³/mol. The van der Waals surface area contributed by atoms with E-state index in [0.29, 0.717) is 11.5 Å². The normalized spacial score (nSPS) is 11.4. The first-order valence-electron chi connectivity index (χ1n) is 5.34. The van der Waals surface area contributed by atoms with Gasteiger partial charge in [0.1, 0.15) is 5.82 Å². The molecule has 0 saturated carbocycles. The van der Waals surface area contributed by atoms with Crippen LogP contribution in [0.25, 0.3) is 0 Å². The molecule has 0 radical (unpaired) electrons. The standard InChI is InChI=1S/C11H18N4O2/c1-7-5-9(16)15(8(2)13-7)6-11(3,4)10(17)14-12/h5H,6,12H2,1-4H3,(H,14,17). The van der Waals surface area contributed by atoms with E-state index >= 15 is 0 Å². The molecule has 0 saturated heterocycles. The summed E-state index contributed by atoms with van der Waals surface area (Å²) in [5.74, 6) is 5.38. The Labute approximate surface area is 99.8 Å². The maximum absolute atomic E-state index is 11.8. The van der Waals surface area contributed by atoms with Gasteiger partial charge in [-0.25, -0.2) is 10.8 Å². The van der Waals surface area contributed by atoms with Crippen LogP contribution in [-0.2, 0) is 11.3 Å². The zero-order valence-electron chi connectivity index (χ0n) is 10.6. The molecule has 94 valence electrons. The Morgan fingerprint density at radius 2 is 2.12 bits per heavy atom. The van der Waals surface area contributed by atoms with Crippen molar-refractivity contribution in [2.24, 2.45) is 11.3 Å². The van der Waals surface area contributed by atoms with E-state index in [-0.39, 0.29) is 18.0 Å². The van der Waals surface area contributed by atoms with Crippen LogP contribution >= 0.6 is 0 Å². The Balaban J connectivity index is 3.12. The van der Waals surface area contributed by atoms with E-state index in [1.807, 2.05) is 0 Å². The van der Waals surface area contributed by atoms with Crippen LogP contribution in [-0.4, -0.2) is 15.5 Å². The number of nitrogens with one attached hydrogen (secondary N) is 1. The summed E-state index contributed by atoms with van der Waals surface area (Å²) >= 11 is 0. The van der Waals surface area contributed by atoms with Gasteiger partial charge < -0.3 is 0 Å². The van der Waals surface area contributed by atoms with Crippen LogP contribution in [0.3, 0.4) is 0 Å². The van der Waals surface area contributed by atoms with Gasteiger partial charge in [0.2, 0.25) is 5.91 Å². The van der Waals surface area contributed by atoms with Gasteiger partial charge in [0.25, 0.3) is 5.56 Å². The molecule has 3 N–H and O–H groups in total. The second-order valence-electron chi connectivity index (χ2n) is 4.73. The predicted octanol–water partition coefficient (Wildman–Crippen LogP) is -0.124. The molecule has 0 fully saturated rings. The van der Waals surface area contributed by atoms with Crippen molar-refractivity contribution in [2.45, 2.75) is 34.2 Å². The lowest BCUT2D eigenvalue weighted by Gasteiger charge is -2.24. The fraction of sp³-hybridized carbons (Fsp3) is 0.545. The number of aromatic nitrogens is 2. The van der Waals surface area contributed by atoms with Gasteiger partial charge in [-0.05, 0) is 27.7 Å². The molecule has 1 aromatic rings. The maximum atomic E-state index is 11.8. The minimum absolute atomic E-state index is 0.159. The molecule has 1 amide bonds. The van der Waals surface area contributed by atoms with E-state index < -0.39 is 5.41 Å². The highest BCUT2D eigenvalue weighted by molar-refractivity contribution is 5.81. The van der Waals surface area contributed by atoms with Gasteiger partial charge in [-0.3, -0.25) is 19.6 Å². The first kappa shape index (κ1) is 13.4. The summed E-state index contributed by atoms with van der Waals surface area (Å²) in [7, 11) is 0. The van der Waals surface area contributed by atoms with Crippen LogP contribution in [0.4, 0.5) is 0 Å². The number of hydrazine groups is 1. The van der Waals surface area contributed by atoms with Crippen molar-refractivity contribution in [2.75, 3.05) is 0 Å². The summed E-state index contributed by atoms with van der Waals surface area (Å²) < 4.78 is 1.47. The first-order valence-corrected chi connectivity index (χ1v) is 5.34. The quantitative estimate of drug-likeness (QED) is 0.436. The SMILES string of the molecule is Cc1cc(=O)n(CC(C)(C)C(=O)NN)c(C)n1. The molecule has 6 heteroatoms. The Kier molecular flexibility index (Phi) is 3.67. The van der Waals surface area contributed by atoms with Gasteiger partial charge in [0, 0.05) is 18.3 Å². The van der Waals surface area contributed by atoms with Gasteiger partial charge in [0.05, 0.1) is 5.41 Å². The second kappa shape index (κ2) is 4.67. The lowest BCUT2D eigenvalue weighted by Crippen LogP contribution is -2.45. The molecule has 0 aromatic carbocycles. The molecule has 0 aliphatic rings. The van der Waals surface area contributed by atoms with E-state index in [9.17, 15) is 9.59 Å². The summed E-state index contributed by atoms with van der Waals surface area (Å²) in [4.78, 5) is 27.6. The van der Waals surface area contributed by atoms with Crippen LogP contribution in [0.2, 0.25) is 0 Å². The highest BCUT2D eigenvalue weighted by Crippen LogP contribution is 2.17. The van der Waals surface area contributed by atoms with Crippen molar-refractivity contribution in [3.8, 4) is 0 Å². The topological polar surface area (TPSA) is 90.0 Å². The number of nitrogens with two attached hydrogens (primary N) is 1. The van der Waals surface area contributed by atoms with E-state index in [2.05, 4.69) is 10.4 Å². The lowest BCUT2D eigenvalue weighted by molar-refractivity contribution is -0.130. The number of carbonyl (C=O) groups excluding carboxylic acids is 1. The Morgan fingerprint density at radius 3 is 2.59 bits per heavy atom. The minimum Gasteiger partial charge on any atom is -0.296 e. The van der Waals surface area contributed by atoms with Crippen LogP contribution in [0.5, 0.6) is 0 Å². The Hall–Kier alpha value is -1.69. The van der Waals surface area contributed by atoms with Crippen molar-refractivity contribution in [3.05, 3.63) is 27.9 Å². The second-order valence-corrected chi connectivity index (χ2v) is 4.73. The smallest absolute Gasteiger partial charge is 0.253 e. The number of aryl methyl sites for hydroxylation is 2. The van der Waals surface area contributed by atoms with E-state index in [4.69, 9.17) is 5.84 Å². The summed E-state index contributed by atoms with van der Waals surface area (Å²) in [5.41, 5.74) is 1.85. The van der Waals surface area contributed by atoms with Crippen LogP contribution < -0.4 is 16.8 Å². The number of hydrogen-bond acceptors (Lipinski definition) is 4. The average molecular weight is 238 g/mol. The van der Waals surface area contributed by atoms with Gasteiger partial charge in [0.15, 0.2) is 0 Å². The number of rotatable bonds is 3. The van der Waals surface area contributed by atoms with Crippen molar-refractivity contribution in [1.82, 2.24) is 15.0 Å². The molecule has 1 heterocycles. The number of carbonyl (C=O) groups is 1. The largest absolute Gasteiger partial charge is 0.296 e. The highest BCUT2D eigenvalue weighted by Gasteiger charge is 2.28. The van der Waals surface area contributed by atoms with Gasteiger partial charge >= 0.3 is 0 Å². The highest BCUT2D eigenvalue weighted by atomic mass is 16.2. The van der Waals surface area contributed by atoms with Gasteiger partial charge in [-0.2, -0.15) is 0 Å². The molecular weight excluding hydrogens is 220 g/mol. The van der Waals surface area contributed by atoms with Gasteiger partial charge in [-0.1, -0.05) is 0 Å². The van der Waals surface area contributed by atoms with Crippen molar-refractivity contribution in [3.63, 3.8) is 0 Å². The summed E-state index contributed by atoms with van der Waals surface area (Å²) in [6.07, 6.45) is 0. The number of hydrogen-bond donors (Lipinski definition) is 2.